The van der Waals surface area contributed by atoms with Crippen molar-refractivity contribution in [1.29, 1.82) is 0 Å². The van der Waals surface area contributed by atoms with E-state index in [1.807, 2.05) is 42.5 Å². The molecule has 3 aromatic rings. The number of hydrogen-bond acceptors (Lipinski definition) is 5. The fraction of sp³-hybridized carbons (Fsp3) is 0.333. The number of para-hydroxylation sites is 1. The lowest BCUT2D eigenvalue weighted by Crippen LogP contribution is -2.49. The van der Waals surface area contributed by atoms with Crippen molar-refractivity contribution in [3.8, 4) is 0 Å². The van der Waals surface area contributed by atoms with E-state index >= 15 is 0 Å². The number of aliphatic hydroxyl groups excluding tert-OH is 1. The van der Waals surface area contributed by atoms with Crippen LogP contribution in [0.1, 0.15) is 16.8 Å². The number of nitrogens with zero attached hydrogens (tertiary/aromatic N) is 3. The first-order valence-electron chi connectivity index (χ1n) is 10.7. The Morgan fingerprint density at radius 1 is 1.09 bits per heavy atom. The van der Waals surface area contributed by atoms with E-state index in [1.165, 1.54) is 0 Å². The summed E-state index contributed by atoms with van der Waals surface area (Å²) < 4.78 is 0. The predicted molar refractivity (Wildman–Crippen MR) is 130 cm³/mol. The molecule has 1 aromatic heterocycles. The van der Waals surface area contributed by atoms with Crippen LogP contribution in [0.4, 0.5) is 5.69 Å². The Morgan fingerprint density at radius 3 is 2.69 bits per heavy atom. The monoisotopic (exact) mass is 472 g/mol. The van der Waals surface area contributed by atoms with Crippen LogP contribution >= 0.6 is 23.2 Å². The van der Waals surface area contributed by atoms with E-state index in [0.717, 1.165) is 42.8 Å². The number of carbonyl (C=O) groups is 1. The summed E-state index contributed by atoms with van der Waals surface area (Å²) in [6.45, 7) is 4.27. The SMILES string of the molecule is O=C(NCC[C@H](O)CN1CCN(c2cccc(Cl)c2Cl)CC1)c1cnc2ccccc2c1. The van der Waals surface area contributed by atoms with Crippen molar-refractivity contribution in [2.75, 3.05) is 44.2 Å². The van der Waals surface area contributed by atoms with Gasteiger partial charge in [0.1, 0.15) is 0 Å². The van der Waals surface area contributed by atoms with E-state index in [4.69, 9.17) is 23.2 Å². The maximum Gasteiger partial charge on any atom is 0.252 e. The van der Waals surface area contributed by atoms with Gasteiger partial charge in [0.25, 0.3) is 5.91 Å². The molecule has 0 aliphatic carbocycles. The minimum Gasteiger partial charge on any atom is -0.392 e. The van der Waals surface area contributed by atoms with Crippen LogP contribution in [0.2, 0.25) is 10.0 Å². The van der Waals surface area contributed by atoms with E-state index in [9.17, 15) is 9.90 Å². The van der Waals surface area contributed by atoms with Crippen molar-refractivity contribution in [1.82, 2.24) is 15.2 Å². The lowest BCUT2D eigenvalue weighted by atomic mass is 10.1. The molecule has 0 saturated carbocycles. The Bertz CT molecular complexity index is 1090. The standard InChI is InChI=1S/C24H26Cl2N4O2/c25-20-5-3-7-22(23(20)26)30-12-10-29(11-13-30)16-19(31)8-9-27-24(32)18-14-17-4-1-2-6-21(17)28-15-18/h1-7,14-15,19,31H,8-13,16H2,(H,27,32)/t19-/m0/s1. The zero-order chi connectivity index (χ0) is 22.5. The van der Waals surface area contributed by atoms with Crippen molar-refractivity contribution in [2.24, 2.45) is 0 Å². The van der Waals surface area contributed by atoms with Crippen LogP contribution in [-0.2, 0) is 0 Å². The number of anilines is 1. The first-order valence-corrected chi connectivity index (χ1v) is 11.5. The number of nitrogens with one attached hydrogen (secondary N) is 1. The molecule has 0 bridgehead atoms. The van der Waals surface area contributed by atoms with Crippen LogP contribution in [0.15, 0.2) is 54.7 Å². The molecular formula is C24H26Cl2N4O2. The second-order valence-electron chi connectivity index (χ2n) is 7.98. The highest BCUT2D eigenvalue weighted by molar-refractivity contribution is 6.43. The van der Waals surface area contributed by atoms with E-state index in [2.05, 4.69) is 20.1 Å². The smallest absolute Gasteiger partial charge is 0.252 e. The zero-order valence-corrected chi connectivity index (χ0v) is 19.2. The van der Waals surface area contributed by atoms with Crippen molar-refractivity contribution >= 4 is 45.7 Å². The third-order valence-electron chi connectivity index (χ3n) is 5.73. The van der Waals surface area contributed by atoms with E-state index in [1.54, 1.807) is 12.3 Å². The van der Waals surface area contributed by atoms with Gasteiger partial charge in [-0.05, 0) is 30.7 Å². The summed E-state index contributed by atoms with van der Waals surface area (Å²) >= 11 is 12.5. The van der Waals surface area contributed by atoms with Crippen LogP contribution in [0.25, 0.3) is 10.9 Å². The average Bonchev–Trinajstić information content (AvgIpc) is 2.81. The number of amides is 1. The molecule has 4 rings (SSSR count). The minimum absolute atomic E-state index is 0.178. The number of hydrogen-bond donors (Lipinski definition) is 2. The molecule has 0 spiro atoms. The molecule has 32 heavy (non-hydrogen) atoms. The average molecular weight is 473 g/mol. The van der Waals surface area contributed by atoms with Gasteiger partial charge in [-0.15, -0.1) is 0 Å². The Hall–Kier alpha value is -2.38. The van der Waals surface area contributed by atoms with Gasteiger partial charge in [-0.2, -0.15) is 0 Å². The molecule has 6 nitrogen and oxygen atoms in total. The lowest BCUT2D eigenvalue weighted by molar-refractivity contribution is 0.0902. The number of rotatable bonds is 7. The van der Waals surface area contributed by atoms with Gasteiger partial charge in [0.2, 0.25) is 0 Å². The Labute approximate surface area is 197 Å². The topological polar surface area (TPSA) is 68.7 Å². The fourth-order valence-corrected chi connectivity index (χ4v) is 4.36. The lowest BCUT2D eigenvalue weighted by Gasteiger charge is -2.37. The normalized spacial score (nSPS) is 15.7. The molecular weight excluding hydrogens is 447 g/mol. The number of benzene rings is 2. The number of aromatic nitrogens is 1. The molecule has 8 heteroatoms. The summed E-state index contributed by atoms with van der Waals surface area (Å²) in [5, 5.41) is 15.4. The number of aliphatic hydroxyl groups is 1. The van der Waals surface area contributed by atoms with Gasteiger partial charge in [-0.1, -0.05) is 47.5 Å². The molecule has 2 heterocycles. The molecule has 2 aromatic carbocycles. The largest absolute Gasteiger partial charge is 0.392 e. The van der Waals surface area contributed by atoms with Crippen molar-refractivity contribution < 1.29 is 9.90 Å². The summed E-state index contributed by atoms with van der Waals surface area (Å²) in [6, 6.07) is 15.2. The van der Waals surface area contributed by atoms with Gasteiger partial charge in [0, 0.05) is 50.9 Å². The van der Waals surface area contributed by atoms with E-state index in [0.29, 0.717) is 35.1 Å². The second kappa shape index (κ2) is 10.5. The third kappa shape index (κ3) is 5.51. The maximum absolute atomic E-state index is 12.4. The summed E-state index contributed by atoms with van der Waals surface area (Å²) in [7, 11) is 0. The molecule has 1 atom stereocenters. The molecule has 1 amide bonds. The van der Waals surface area contributed by atoms with Crippen LogP contribution in [0.5, 0.6) is 0 Å². The van der Waals surface area contributed by atoms with E-state index in [-0.39, 0.29) is 5.91 Å². The number of carbonyl (C=O) groups excluding carboxylic acids is 1. The predicted octanol–water partition coefficient (Wildman–Crippen LogP) is 3.84. The van der Waals surface area contributed by atoms with Gasteiger partial charge in [-0.25, -0.2) is 0 Å². The molecule has 1 aliphatic rings. The third-order valence-corrected chi connectivity index (χ3v) is 6.54. The summed E-state index contributed by atoms with van der Waals surface area (Å²) in [6.07, 6.45) is 1.57. The van der Waals surface area contributed by atoms with Gasteiger partial charge >= 0.3 is 0 Å². The van der Waals surface area contributed by atoms with Gasteiger partial charge in [0.15, 0.2) is 0 Å². The van der Waals surface area contributed by atoms with Crippen LogP contribution in [-0.4, -0.2) is 66.3 Å². The molecule has 1 fully saturated rings. The van der Waals surface area contributed by atoms with Gasteiger partial charge in [0.05, 0.1) is 32.9 Å². The van der Waals surface area contributed by atoms with E-state index < -0.39 is 6.10 Å². The zero-order valence-electron chi connectivity index (χ0n) is 17.7. The first kappa shape index (κ1) is 22.8. The minimum atomic E-state index is -0.508. The highest BCUT2D eigenvalue weighted by Crippen LogP contribution is 2.32. The number of fused-ring (bicyclic) bond motifs is 1. The highest BCUT2D eigenvalue weighted by Gasteiger charge is 2.21. The second-order valence-corrected chi connectivity index (χ2v) is 8.76. The highest BCUT2D eigenvalue weighted by atomic mass is 35.5. The maximum atomic E-state index is 12.4. The summed E-state index contributed by atoms with van der Waals surface area (Å²) in [5.74, 6) is -0.178. The first-order chi connectivity index (χ1) is 15.5. The van der Waals surface area contributed by atoms with Gasteiger partial charge < -0.3 is 15.3 Å². The Balaban J connectivity index is 1.20. The summed E-state index contributed by atoms with van der Waals surface area (Å²) in [5.41, 5.74) is 2.33. The molecule has 1 aliphatic heterocycles. The number of β-amino-alcohol motifs (C(OH)–C–C–N with tert-alkyl or cyclic N) is 1. The Kier molecular flexibility index (Phi) is 7.48. The molecule has 2 N–H and O–H groups in total. The van der Waals surface area contributed by atoms with Crippen LogP contribution < -0.4 is 10.2 Å². The quantitative estimate of drug-likeness (QED) is 0.546. The van der Waals surface area contributed by atoms with Crippen molar-refractivity contribution in [3.63, 3.8) is 0 Å². The number of pyridine rings is 1. The van der Waals surface area contributed by atoms with Gasteiger partial charge in [-0.3, -0.25) is 14.7 Å². The number of halogens is 2. The molecule has 1 saturated heterocycles. The molecule has 0 unspecified atom stereocenters. The van der Waals surface area contributed by atoms with Crippen molar-refractivity contribution in [3.05, 3.63) is 70.3 Å². The number of piperazine rings is 1. The van der Waals surface area contributed by atoms with Crippen LogP contribution in [0.3, 0.4) is 0 Å². The summed E-state index contributed by atoms with van der Waals surface area (Å²) in [4.78, 5) is 21.2. The molecule has 168 valence electrons. The molecule has 0 radical (unpaired) electrons. The van der Waals surface area contributed by atoms with Crippen molar-refractivity contribution in [2.45, 2.75) is 12.5 Å². The fourth-order valence-electron chi connectivity index (χ4n) is 3.95. The van der Waals surface area contributed by atoms with Crippen LogP contribution in [0, 0.1) is 0 Å². The Morgan fingerprint density at radius 2 is 1.88 bits per heavy atom.